The van der Waals surface area contributed by atoms with Crippen molar-refractivity contribution in [2.24, 2.45) is 11.8 Å². The third-order valence-electron chi connectivity index (χ3n) is 3.99. The second-order valence-electron chi connectivity index (χ2n) is 5.22. The molecule has 0 aromatic carbocycles. The molecule has 2 aliphatic rings. The maximum atomic E-state index is 12.3. The maximum Gasteiger partial charge on any atom is 0.227 e. The Morgan fingerprint density at radius 3 is 2.59 bits per heavy atom. The SMILES string of the molecule is CCOC1CCN(C(=O)C2CNCC2C)CC1. The van der Waals surface area contributed by atoms with Crippen LogP contribution in [-0.2, 0) is 9.53 Å². The van der Waals surface area contributed by atoms with E-state index in [4.69, 9.17) is 4.74 Å². The summed E-state index contributed by atoms with van der Waals surface area (Å²) < 4.78 is 5.61. The third-order valence-corrected chi connectivity index (χ3v) is 3.99. The zero-order valence-electron chi connectivity index (χ0n) is 10.9. The smallest absolute Gasteiger partial charge is 0.227 e. The zero-order chi connectivity index (χ0) is 12.3. The molecule has 1 amide bonds. The molecule has 2 rings (SSSR count). The summed E-state index contributed by atoms with van der Waals surface area (Å²) in [5, 5.41) is 3.30. The van der Waals surface area contributed by atoms with Crippen LogP contribution in [0.15, 0.2) is 0 Å². The highest BCUT2D eigenvalue weighted by atomic mass is 16.5. The van der Waals surface area contributed by atoms with E-state index in [-0.39, 0.29) is 5.92 Å². The number of piperidine rings is 1. The minimum absolute atomic E-state index is 0.193. The van der Waals surface area contributed by atoms with E-state index in [0.29, 0.717) is 17.9 Å². The molecule has 2 atom stereocenters. The molecule has 2 aliphatic heterocycles. The molecule has 1 N–H and O–H groups in total. The second-order valence-corrected chi connectivity index (χ2v) is 5.22. The van der Waals surface area contributed by atoms with Gasteiger partial charge in [-0.25, -0.2) is 0 Å². The Labute approximate surface area is 104 Å². The van der Waals surface area contributed by atoms with Crippen LogP contribution in [0.3, 0.4) is 0 Å². The number of nitrogens with one attached hydrogen (secondary N) is 1. The van der Waals surface area contributed by atoms with Gasteiger partial charge < -0.3 is 15.0 Å². The fourth-order valence-electron chi connectivity index (χ4n) is 2.85. The van der Waals surface area contributed by atoms with Gasteiger partial charge in [0.05, 0.1) is 12.0 Å². The molecule has 0 spiro atoms. The first-order valence-electron chi connectivity index (χ1n) is 6.83. The van der Waals surface area contributed by atoms with Crippen molar-refractivity contribution < 1.29 is 9.53 Å². The van der Waals surface area contributed by atoms with Crippen LogP contribution in [0.1, 0.15) is 26.7 Å². The van der Waals surface area contributed by atoms with Crippen molar-refractivity contribution in [3.63, 3.8) is 0 Å². The molecule has 0 aromatic rings. The lowest BCUT2D eigenvalue weighted by molar-refractivity contribution is -0.138. The van der Waals surface area contributed by atoms with E-state index in [1.807, 2.05) is 11.8 Å². The molecule has 2 heterocycles. The molecule has 0 radical (unpaired) electrons. The fraction of sp³-hybridized carbons (Fsp3) is 0.923. The average molecular weight is 240 g/mol. The van der Waals surface area contributed by atoms with E-state index in [1.165, 1.54) is 0 Å². The molecular formula is C13H24N2O2. The number of amides is 1. The van der Waals surface area contributed by atoms with Crippen molar-refractivity contribution in [2.75, 3.05) is 32.8 Å². The van der Waals surface area contributed by atoms with E-state index in [0.717, 1.165) is 45.6 Å². The van der Waals surface area contributed by atoms with Crippen molar-refractivity contribution >= 4 is 5.91 Å². The number of carbonyl (C=O) groups is 1. The predicted octanol–water partition coefficient (Wildman–Crippen LogP) is 0.869. The first-order valence-corrected chi connectivity index (χ1v) is 6.83. The van der Waals surface area contributed by atoms with Crippen LogP contribution in [0.25, 0.3) is 0 Å². The molecule has 17 heavy (non-hydrogen) atoms. The number of ether oxygens (including phenoxy) is 1. The summed E-state index contributed by atoms with van der Waals surface area (Å²) in [5.74, 6) is 1.02. The Kier molecular flexibility index (Phi) is 4.40. The maximum absolute atomic E-state index is 12.3. The molecule has 4 heteroatoms. The van der Waals surface area contributed by atoms with Crippen LogP contribution in [0.2, 0.25) is 0 Å². The summed E-state index contributed by atoms with van der Waals surface area (Å²) in [6.07, 6.45) is 2.35. The second kappa shape index (κ2) is 5.83. The highest BCUT2D eigenvalue weighted by Crippen LogP contribution is 2.22. The van der Waals surface area contributed by atoms with Crippen LogP contribution in [-0.4, -0.2) is 49.7 Å². The van der Waals surface area contributed by atoms with Crippen molar-refractivity contribution in [1.29, 1.82) is 0 Å². The lowest BCUT2D eigenvalue weighted by Crippen LogP contribution is -2.45. The lowest BCUT2D eigenvalue weighted by atomic mass is 9.95. The topological polar surface area (TPSA) is 41.6 Å². The van der Waals surface area contributed by atoms with Crippen LogP contribution in [0, 0.1) is 11.8 Å². The predicted molar refractivity (Wildman–Crippen MR) is 66.8 cm³/mol. The van der Waals surface area contributed by atoms with Crippen molar-refractivity contribution in [3.8, 4) is 0 Å². The van der Waals surface area contributed by atoms with E-state index in [9.17, 15) is 4.79 Å². The third kappa shape index (κ3) is 2.99. The minimum Gasteiger partial charge on any atom is -0.378 e. The molecule has 2 fully saturated rings. The molecule has 0 aromatic heterocycles. The first kappa shape index (κ1) is 12.8. The van der Waals surface area contributed by atoms with Gasteiger partial charge in [-0.2, -0.15) is 0 Å². The molecule has 0 saturated carbocycles. The van der Waals surface area contributed by atoms with Gasteiger partial charge in [0.2, 0.25) is 5.91 Å². The van der Waals surface area contributed by atoms with Gasteiger partial charge in [-0.15, -0.1) is 0 Å². The number of likely N-dealkylation sites (tertiary alicyclic amines) is 1. The highest BCUT2D eigenvalue weighted by molar-refractivity contribution is 5.79. The number of carbonyl (C=O) groups excluding carboxylic acids is 1. The van der Waals surface area contributed by atoms with E-state index in [1.54, 1.807) is 0 Å². The van der Waals surface area contributed by atoms with Crippen LogP contribution < -0.4 is 5.32 Å². The number of nitrogens with zero attached hydrogens (tertiary/aromatic N) is 1. The Morgan fingerprint density at radius 2 is 2.06 bits per heavy atom. The highest BCUT2D eigenvalue weighted by Gasteiger charge is 2.34. The van der Waals surface area contributed by atoms with Crippen molar-refractivity contribution in [3.05, 3.63) is 0 Å². The summed E-state index contributed by atoms with van der Waals surface area (Å²) in [4.78, 5) is 14.4. The Balaban J connectivity index is 1.82. The largest absolute Gasteiger partial charge is 0.378 e. The normalized spacial score (nSPS) is 30.8. The average Bonchev–Trinajstić information content (AvgIpc) is 2.76. The molecule has 4 nitrogen and oxygen atoms in total. The summed E-state index contributed by atoms with van der Waals surface area (Å²) in [6.45, 7) is 8.54. The van der Waals surface area contributed by atoms with E-state index in [2.05, 4.69) is 12.2 Å². The molecular weight excluding hydrogens is 216 g/mol. The van der Waals surface area contributed by atoms with Gasteiger partial charge in [-0.05, 0) is 32.2 Å². The quantitative estimate of drug-likeness (QED) is 0.796. The molecule has 0 aliphatic carbocycles. The van der Waals surface area contributed by atoms with Gasteiger partial charge in [-0.3, -0.25) is 4.79 Å². The van der Waals surface area contributed by atoms with Gasteiger partial charge in [-0.1, -0.05) is 6.92 Å². The Morgan fingerprint density at radius 1 is 1.35 bits per heavy atom. The standard InChI is InChI=1S/C13H24N2O2/c1-3-17-11-4-6-15(7-5-11)13(16)12-9-14-8-10(12)2/h10-12,14H,3-9H2,1-2H3. The van der Waals surface area contributed by atoms with Gasteiger partial charge in [0.1, 0.15) is 0 Å². The Hall–Kier alpha value is -0.610. The first-order chi connectivity index (χ1) is 8.22. The van der Waals surface area contributed by atoms with Crippen LogP contribution in [0.4, 0.5) is 0 Å². The van der Waals surface area contributed by atoms with Crippen molar-refractivity contribution in [1.82, 2.24) is 10.2 Å². The fourth-order valence-corrected chi connectivity index (χ4v) is 2.85. The number of hydrogen-bond acceptors (Lipinski definition) is 3. The van der Waals surface area contributed by atoms with E-state index < -0.39 is 0 Å². The summed E-state index contributed by atoms with van der Waals surface area (Å²) >= 11 is 0. The number of rotatable bonds is 3. The molecule has 2 unspecified atom stereocenters. The van der Waals surface area contributed by atoms with Crippen LogP contribution >= 0.6 is 0 Å². The van der Waals surface area contributed by atoms with Gasteiger partial charge in [0.15, 0.2) is 0 Å². The summed E-state index contributed by atoms with van der Waals surface area (Å²) in [6, 6.07) is 0. The summed E-state index contributed by atoms with van der Waals surface area (Å²) in [5.41, 5.74) is 0. The monoisotopic (exact) mass is 240 g/mol. The van der Waals surface area contributed by atoms with Crippen molar-refractivity contribution in [2.45, 2.75) is 32.8 Å². The molecule has 0 bridgehead atoms. The Bertz CT molecular complexity index is 262. The van der Waals surface area contributed by atoms with Crippen LogP contribution in [0.5, 0.6) is 0 Å². The summed E-state index contributed by atoms with van der Waals surface area (Å²) in [7, 11) is 0. The molecule has 2 saturated heterocycles. The minimum atomic E-state index is 0.193. The number of hydrogen-bond donors (Lipinski definition) is 1. The van der Waals surface area contributed by atoms with E-state index >= 15 is 0 Å². The van der Waals surface area contributed by atoms with Gasteiger partial charge in [0, 0.05) is 26.2 Å². The van der Waals surface area contributed by atoms with Gasteiger partial charge in [0.25, 0.3) is 0 Å². The zero-order valence-corrected chi connectivity index (χ0v) is 10.9. The van der Waals surface area contributed by atoms with Gasteiger partial charge >= 0.3 is 0 Å². The molecule has 98 valence electrons. The lowest BCUT2D eigenvalue weighted by Gasteiger charge is -2.34.